The summed E-state index contributed by atoms with van der Waals surface area (Å²) < 4.78 is 1.86. The maximum absolute atomic E-state index is 11.6. The van der Waals surface area contributed by atoms with Gasteiger partial charge in [-0.3, -0.25) is 0 Å². The minimum absolute atomic E-state index is 0.00641. The number of carbonyl (C=O) groups is 1. The average Bonchev–Trinajstić information content (AvgIpc) is 3.24. The number of amides is 2. The van der Waals surface area contributed by atoms with Crippen LogP contribution >= 0.6 is 23.2 Å². The number of hydrogen-bond donors (Lipinski definition) is 4. The first-order valence-corrected chi connectivity index (χ1v) is 12.9. The first-order chi connectivity index (χ1) is 18.0. The molecule has 0 aliphatic carbocycles. The minimum Gasteiger partial charge on any atom is -0.395 e. The molecule has 3 rings (SSSR count). The van der Waals surface area contributed by atoms with Crippen molar-refractivity contribution in [2.75, 3.05) is 17.7 Å². The summed E-state index contributed by atoms with van der Waals surface area (Å²) >= 11 is 11.7. The summed E-state index contributed by atoms with van der Waals surface area (Å²) in [5.74, 6) is 0.952. The van der Waals surface area contributed by atoms with Crippen LogP contribution in [0.25, 0.3) is 5.52 Å². The highest BCUT2D eigenvalue weighted by Gasteiger charge is 2.29. The summed E-state index contributed by atoms with van der Waals surface area (Å²) in [7, 11) is 0. The summed E-state index contributed by atoms with van der Waals surface area (Å²) in [6.07, 6.45) is 9.59. The first kappa shape index (κ1) is 30.9. The van der Waals surface area contributed by atoms with Crippen LogP contribution in [0.15, 0.2) is 67.2 Å². The highest BCUT2D eigenvalue weighted by atomic mass is 35.5. The maximum Gasteiger partial charge on any atom is 0.323 e. The average molecular weight is 560 g/mol. The molecule has 1 atom stereocenters. The lowest BCUT2D eigenvalue weighted by Gasteiger charge is -2.23. The lowest BCUT2D eigenvalue weighted by atomic mass is 9.83. The Bertz CT molecular complexity index is 1330. The molecule has 38 heavy (non-hydrogen) atoms. The van der Waals surface area contributed by atoms with Crippen LogP contribution in [0.2, 0.25) is 10.0 Å². The zero-order valence-corrected chi connectivity index (χ0v) is 23.9. The number of aromatic nitrogens is 3. The fourth-order valence-electron chi connectivity index (χ4n) is 3.84. The van der Waals surface area contributed by atoms with Crippen LogP contribution in [0.4, 0.5) is 16.3 Å². The molecule has 0 bridgehead atoms. The van der Waals surface area contributed by atoms with Crippen molar-refractivity contribution in [3.63, 3.8) is 0 Å². The normalized spacial score (nSPS) is 13.2. The Balaban J connectivity index is 0.000000273. The fourth-order valence-corrected chi connectivity index (χ4v) is 4.30. The molecular weight excluding hydrogens is 523 g/mol. The standard InChI is InChI=1S/C16H24N4O.C12H12Cl2N2O/c1-5-6-16(4,9-21)13-8-12(7-11(2)3)20-14(13)15(17)18-10-19-20;1-3-9(4-2)15-12(17)16-11-6-5-8(13)7-10(11)14/h5-6,8,10-11,21H,7,9H2,1-4H3,(H2,17,18,19);3-7H,1H2,2H3,(H2,15,16,17)/b6-5+;9-4+. The number of aliphatic hydroxyl groups is 1. The zero-order valence-electron chi connectivity index (χ0n) is 22.4. The van der Waals surface area contributed by atoms with Crippen molar-refractivity contribution in [2.45, 2.75) is 46.5 Å². The lowest BCUT2D eigenvalue weighted by molar-refractivity contribution is 0.237. The summed E-state index contributed by atoms with van der Waals surface area (Å²) in [4.78, 5) is 15.7. The number of nitrogens with one attached hydrogen (secondary N) is 2. The van der Waals surface area contributed by atoms with Gasteiger partial charge in [0.25, 0.3) is 0 Å². The van der Waals surface area contributed by atoms with Crippen molar-refractivity contribution < 1.29 is 9.90 Å². The Morgan fingerprint density at radius 1 is 1.29 bits per heavy atom. The second-order valence-corrected chi connectivity index (χ2v) is 10.1. The molecule has 2 heterocycles. The minimum atomic E-state index is -0.492. The molecular formula is C28H36Cl2N6O2. The Labute approximate surface area is 234 Å². The molecule has 0 aliphatic heterocycles. The number of halogens is 2. The van der Waals surface area contributed by atoms with Gasteiger partial charge in [0.05, 0.1) is 17.3 Å². The van der Waals surface area contributed by atoms with E-state index in [1.54, 1.807) is 37.3 Å². The van der Waals surface area contributed by atoms with Gasteiger partial charge in [0, 0.05) is 21.8 Å². The van der Waals surface area contributed by atoms with E-state index in [-0.39, 0.29) is 12.6 Å². The van der Waals surface area contributed by atoms with Gasteiger partial charge in [-0.2, -0.15) is 5.10 Å². The number of benzene rings is 1. The van der Waals surface area contributed by atoms with Gasteiger partial charge in [-0.15, -0.1) is 0 Å². The zero-order chi connectivity index (χ0) is 28.5. The third-order valence-electron chi connectivity index (χ3n) is 5.72. The maximum atomic E-state index is 11.6. The first-order valence-electron chi connectivity index (χ1n) is 12.2. The Kier molecular flexibility index (Phi) is 11.4. The van der Waals surface area contributed by atoms with Crippen molar-refractivity contribution in [1.29, 1.82) is 0 Å². The van der Waals surface area contributed by atoms with E-state index in [9.17, 15) is 9.90 Å². The van der Waals surface area contributed by atoms with Gasteiger partial charge in [-0.05, 0) is 69.0 Å². The number of anilines is 2. The number of nitrogens with zero attached hydrogens (tertiary/aromatic N) is 3. The molecule has 1 unspecified atom stereocenters. The van der Waals surface area contributed by atoms with Crippen LogP contribution in [0, 0.1) is 5.92 Å². The molecule has 0 saturated heterocycles. The number of allylic oxidation sites excluding steroid dienone is 3. The molecule has 3 aromatic rings. The van der Waals surface area contributed by atoms with Gasteiger partial charge in [0.15, 0.2) is 5.82 Å². The van der Waals surface area contributed by atoms with Gasteiger partial charge in [0.2, 0.25) is 0 Å². The Hall–Kier alpha value is -3.33. The van der Waals surface area contributed by atoms with Gasteiger partial charge < -0.3 is 21.5 Å². The van der Waals surface area contributed by atoms with E-state index < -0.39 is 5.41 Å². The molecule has 2 aromatic heterocycles. The van der Waals surface area contributed by atoms with Crippen LogP contribution in [0.1, 0.15) is 45.9 Å². The molecule has 8 nitrogen and oxygen atoms in total. The molecule has 0 radical (unpaired) electrons. The summed E-state index contributed by atoms with van der Waals surface area (Å²) in [6, 6.07) is 6.54. The van der Waals surface area contributed by atoms with Crippen LogP contribution < -0.4 is 16.4 Å². The van der Waals surface area contributed by atoms with E-state index >= 15 is 0 Å². The molecule has 204 valence electrons. The van der Waals surface area contributed by atoms with Crippen LogP contribution in [0.3, 0.4) is 0 Å². The van der Waals surface area contributed by atoms with Gasteiger partial charge in [0.1, 0.15) is 11.8 Å². The summed E-state index contributed by atoms with van der Waals surface area (Å²) in [6.45, 7) is 13.6. The number of aliphatic hydroxyl groups excluding tert-OH is 1. The van der Waals surface area contributed by atoms with E-state index in [0.29, 0.717) is 33.2 Å². The Morgan fingerprint density at radius 3 is 2.55 bits per heavy atom. The number of urea groups is 1. The molecule has 0 aliphatic rings. The fraction of sp³-hybridized carbons (Fsp3) is 0.321. The number of fused-ring (bicyclic) bond motifs is 1. The Morgan fingerprint density at radius 2 is 2.00 bits per heavy atom. The van der Waals surface area contributed by atoms with E-state index in [4.69, 9.17) is 28.9 Å². The summed E-state index contributed by atoms with van der Waals surface area (Å²) in [5, 5.41) is 20.3. The second-order valence-electron chi connectivity index (χ2n) is 9.28. The predicted molar refractivity (Wildman–Crippen MR) is 158 cm³/mol. The largest absolute Gasteiger partial charge is 0.395 e. The lowest BCUT2D eigenvalue weighted by Crippen LogP contribution is -2.27. The third-order valence-corrected chi connectivity index (χ3v) is 6.27. The molecule has 5 N–H and O–H groups in total. The quantitative estimate of drug-likeness (QED) is 0.185. The van der Waals surface area contributed by atoms with Crippen molar-refractivity contribution in [1.82, 2.24) is 19.9 Å². The smallest absolute Gasteiger partial charge is 0.323 e. The highest BCUT2D eigenvalue weighted by molar-refractivity contribution is 6.36. The molecule has 1 aromatic carbocycles. The predicted octanol–water partition coefficient (Wildman–Crippen LogP) is 6.54. The second kappa shape index (κ2) is 14.0. The van der Waals surface area contributed by atoms with Crippen molar-refractivity contribution >= 4 is 46.3 Å². The molecule has 2 amide bonds. The number of carbonyl (C=O) groups excluding carboxylic acids is 1. The topological polar surface area (TPSA) is 118 Å². The van der Waals surface area contributed by atoms with E-state index in [1.165, 1.54) is 6.33 Å². The van der Waals surface area contributed by atoms with Crippen LogP contribution in [0.5, 0.6) is 0 Å². The SMILES string of the molecule is C/C=C/C(C)(CO)c1cc(CC(C)C)n2ncnc(N)c12.C=C/C(=C\C)NC(=O)Nc1ccc(Cl)cc1Cl. The molecule has 0 spiro atoms. The monoisotopic (exact) mass is 558 g/mol. The third kappa shape index (κ3) is 7.84. The van der Waals surface area contributed by atoms with Gasteiger partial charge in [-0.1, -0.05) is 61.9 Å². The van der Waals surface area contributed by atoms with Crippen molar-refractivity contribution in [3.05, 3.63) is 88.5 Å². The van der Waals surface area contributed by atoms with E-state index in [0.717, 1.165) is 23.2 Å². The number of hydrogen-bond acceptors (Lipinski definition) is 5. The molecule has 0 fully saturated rings. The van der Waals surface area contributed by atoms with Gasteiger partial charge in [-0.25, -0.2) is 14.3 Å². The molecule has 10 heteroatoms. The van der Waals surface area contributed by atoms with Crippen LogP contribution in [-0.2, 0) is 11.8 Å². The van der Waals surface area contributed by atoms with Crippen LogP contribution in [-0.4, -0.2) is 32.3 Å². The number of nitrogen functional groups attached to an aromatic ring is 1. The summed E-state index contributed by atoms with van der Waals surface area (Å²) in [5.41, 5.74) is 9.55. The van der Waals surface area contributed by atoms with Crippen molar-refractivity contribution in [2.24, 2.45) is 5.92 Å². The van der Waals surface area contributed by atoms with E-state index in [2.05, 4.69) is 47.2 Å². The number of nitrogens with two attached hydrogens (primary N) is 1. The number of rotatable bonds is 8. The van der Waals surface area contributed by atoms with E-state index in [1.807, 2.05) is 30.5 Å². The highest BCUT2D eigenvalue weighted by Crippen LogP contribution is 2.33. The van der Waals surface area contributed by atoms with Gasteiger partial charge >= 0.3 is 6.03 Å². The molecule has 0 saturated carbocycles. The van der Waals surface area contributed by atoms with Crippen molar-refractivity contribution in [3.8, 4) is 0 Å².